The number of benzene rings is 2. The average molecular weight is 519 g/mol. The van der Waals surface area contributed by atoms with Gasteiger partial charge in [0.1, 0.15) is 44.0 Å². The Labute approximate surface area is 210 Å². The van der Waals surface area contributed by atoms with Crippen LogP contribution >= 0.6 is 35.0 Å². The summed E-state index contributed by atoms with van der Waals surface area (Å²) in [6.07, 6.45) is 6.38. The molecule has 0 N–H and O–H groups in total. The maximum atomic E-state index is 6.51. The first-order chi connectivity index (χ1) is 16.6. The van der Waals surface area contributed by atoms with Crippen molar-refractivity contribution in [2.24, 2.45) is 0 Å². The topological polar surface area (TPSA) is 89.1 Å². The Morgan fingerprint density at radius 1 is 1.18 bits per heavy atom. The summed E-state index contributed by atoms with van der Waals surface area (Å²) in [7, 11) is 0. The number of aromatic nitrogens is 6. The molecule has 0 amide bonds. The average Bonchev–Trinajstić information content (AvgIpc) is 3.60. The van der Waals surface area contributed by atoms with Crippen LogP contribution in [0.1, 0.15) is 5.56 Å². The molecule has 0 aliphatic carbocycles. The third-order valence-corrected chi connectivity index (χ3v) is 6.48. The molecule has 2 aromatic heterocycles. The lowest BCUT2D eigenvalue weighted by atomic mass is 10.1. The van der Waals surface area contributed by atoms with Crippen LogP contribution in [-0.4, -0.2) is 55.1 Å². The molecule has 0 saturated carbocycles. The Hall–Kier alpha value is -2.63. The van der Waals surface area contributed by atoms with Crippen LogP contribution in [0.2, 0.25) is 10.0 Å². The van der Waals surface area contributed by atoms with E-state index in [1.807, 2.05) is 35.1 Å². The maximum Gasteiger partial charge on any atom is 0.217 e. The van der Waals surface area contributed by atoms with Crippen LogP contribution < -0.4 is 4.74 Å². The van der Waals surface area contributed by atoms with E-state index in [0.29, 0.717) is 34.6 Å². The van der Waals surface area contributed by atoms with E-state index in [0.717, 1.165) is 10.8 Å². The summed E-state index contributed by atoms with van der Waals surface area (Å²) in [6, 6.07) is 12.9. The van der Waals surface area contributed by atoms with Crippen molar-refractivity contribution in [1.29, 1.82) is 0 Å². The fraction of sp³-hybridized carbons (Fsp3) is 0.273. The summed E-state index contributed by atoms with van der Waals surface area (Å²) < 4.78 is 22.1. The Morgan fingerprint density at radius 2 is 2.03 bits per heavy atom. The number of nitrogens with zero attached hydrogens (tertiary/aromatic N) is 6. The lowest BCUT2D eigenvalue weighted by molar-refractivity contribution is -0.190. The van der Waals surface area contributed by atoms with Crippen molar-refractivity contribution < 1.29 is 14.2 Å². The van der Waals surface area contributed by atoms with Gasteiger partial charge in [-0.2, -0.15) is 5.10 Å². The standard InChI is InChI=1S/C22H20Cl2N6O3S/c1-34-21-28-26-14-30(21)16-3-5-17(6-4-16)31-9-18-10-32-22(33-18,11-29-13-25-12-27-29)19-7-2-15(23)8-20(19)24/h2-8,12-14,18H,9-11H2,1H3/t18-,22-/m1/s1. The van der Waals surface area contributed by atoms with E-state index in [-0.39, 0.29) is 12.6 Å². The van der Waals surface area contributed by atoms with Crippen molar-refractivity contribution in [3.63, 3.8) is 0 Å². The first-order valence-electron chi connectivity index (χ1n) is 10.3. The number of thioether (sulfide) groups is 1. The van der Waals surface area contributed by atoms with E-state index in [2.05, 4.69) is 20.3 Å². The molecule has 2 aromatic carbocycles. The fourth-order valence-electron chi connectivity index (χ4n) is 3.72. The minimum atomic E-state index is -1.14. The number of hydrogen-bond acceptors (Lipinski definition) is 8. The number of ether oxygens (including phenoxy) is 3. The Morgan fingerprint density at radius 3 is 2.76 bits per heavy atom. The van der Waals surface area contributed by atoms with Gasteiger partial charge in [-0.15, -0.1) is 10.2 Å². The monoisotopic (exact) mass is 518 g/mol. The summed E-state index contributed by atoms with van der Waals surface area (Å²) in [4.78, 5) is 4.01. The second-order valence-corrected chi connectivity index (χ2v) is 9.13. The van der Waals surface area contributed by atoms with Crippen molar-refractivity contribution in [1.82, 2.24) is 29.5 Å². The summed E-state index contributed by atoms with van der Waals surface area (Å²) >= 11 is 14.1. The van der Waals surface area contributed by atoms with Gasteiger partial charge in [-0.25, -0.2) is 9.67 Å². The highest BCUT2D eigenvalue weighted by molar-refractivity contribution is 7.98. The molecule has 4 aromatic rings. The normalized spacial score (nSPS) is 20.0. The number of rotatable bonds is 8. The highest BCUT2D eigenvalue weighted by atomic mass is 35.5. The lowest BCUT2D eigenvalue weighted by Crippen LogP contribution is -2.35. The molecule has 5 rings (SSSR count). The molecule has 1 fully saturated rings. The maximum absolute atomic E-state index is 6.51. The molecule has 176 valence electrons. The van der Waals surface area contributed by atoms with Crippen LogP contribution in [0, 0.1) is 0 Å². The molecule has 3 heterocycles. The van der Waals surface area contributed by atoms with E-state index in [9.17, 15) is 0 Å². The van der Waals surface area contributed by atoms with Gasteiger partial charge in [0.05, 0.1) is 11.6 Å². The van der Waals surface area contributed by atoms with Gasteiger partial charge in [0.2, 0.25) is 5.79 Å². The molecule has 2 atom stereocenters. The lowest BCUT2D eigenvalue weighted by Gasteiger charge is -2.29. The quantitative estimate of drug-likeness (QED) is 0.320. The molecule has 0 spiro atoms. The highest BCUT2D eigenvalue weighted by Crippen LogP contribution is 2.40. The zero-order valence-corrected chi connectivity index (χ0v) is 20.4. The first-order valence-corrected chi connectivity index (χ1v) is 12.3. The van der Waals surface area contributed by atoms with Crippen LogP contribution in [0.5, 0.6) is 5.75 Å². The molecule has 1 saturated heterocycles. The molecular weight excluding hydrogens is 499 g/mol. The van der Waals surface area contributed by atoms with Crippen LogP contribution in [0.3, 0.4) is 0 Å². The summed E-state index contributed by atoms with van der Waals surface area (Å²) in [5.74, 6) is -0.431. The second kappa shape index (κ2) is 9.93. The molecule has 0 radical (unpaired) electrons. The van der Waals surface area contributed by atoms with E-state index in [1.54, 1.807) is 35.5 Å². The van der Waals surface area contributed by atoms with E-state index in [1.165, 1.54) is 18.1 Å². The minimum absolute atomic E-state index is 0.274. The third kappa shape index (κ3) is 4.77. The number of halogens is 2. The SMILES string of the molecule is CSc1nncn1-c1ccc(OC[C@@H]2CO[C@@](Cn3cncn3)(c3ccc(Cl)cc3Cl)O2)cc1. The van der Waals surface area contributed by atoms with Gasteiger partial charge in [0.25, 0.3) is 0 Å². The van der Waals surface area contributed by atoms with E-state index >= 15 is 0 Å². The van der Waals surface area contributed by atoms with Gasteiger partial charge in [0.15, 0.2) is 5.16 Å². The number of hydrogen-bond donors (Lipinski definition) is 0. The predicted octanol–water partition coefficient (Wildman–Crippen LogP) is 4.23. The van der Waals surface area contributed by atoms with Gasteiger partial charge >= 0.3 is 0 Å². The van der Waals surface area contributed by atoms with E-state index < -0.39 is 5.79 Å². The molecule has 0 bridgehead atoms. The third-order valence-electron chi connectivity index (χ3n) is 5.29. The van der Waals surface area contributed by atoms with E-state index in [4.69, 9.17) is 37.4 Å². The van der Waals surface area contributed by atoms with Crippen LogP contribution in [0.25, 0.3) is 5.69 Å². The highest BCUT2D eigenvalue weighted by Gasteiger charge is 2.45. The van der Waals surface area contributed by atoms with Gasteiger partial charge in [0, 0.05) is 16.3 Å². The summed E-state index contributed by atoms with van der Waals surface area (Å²) in [5, 5.41) is 14.0. The van der Waals surface area contributed by atoms with Crippen LogP contribution in [0.15, 0.2) is 66.6 Å². The zero-order valence-electron chi connectivity index (χ0n) is 18.0. The molecule has 9 nitrogen and oxygen atoms in total. The summed E-state index contributed by atoms with van der Waals surface area (Å²) in [6.45, 7) is 0.895. The smallest absolute Gasteiger partial charge is 0.217 e. The predicted molar refractivity (Wildman–Crippen MR) is 128 cm³/mol. The molecule has 34 heavy (non-hydrogen) atoms. The second-order valence-electron chi connectivity index (χ2n) is 7.51. The van der Waals surface area contributed by atoms with Crippen molar-refractivity contribution in [3.05, 3.63) is 77.1 Å². The van der Waals surface area contributed by atoms with Gasteiger partial charge in [-0.1, -0.05) is 41.0 Å². The van der Waals surface area contributed by atoms with Gasteiger partial charge < -0.3 is 14.2 Å². The fourth-order valence-corrected chi connectivity index (χ4v) is 4.75. The Balaban J connectivity index is 1.29. The van der Waals surface area contributed by atoms with Gasteiger partial charge in [-0.3, -0.25) is 4.57 Å². The van der Waals surface area contributed by atoms with Gasteiger partial charge in [-0.05, 0) is 42.7 Å². The minimum Gasteiger partial charge on any atom is -0.491 e. The molecule has 0 unspecified atom stereocenters. The van der Waals surface area contributed by atoms with Crippen molar-refractivity contribution in [2.75, 3.05) is 19.5 Å². The zero-order chi connectivity index (χ0) is 23.5. The van der Waals surface area contributed by atoms with Crippen LogP contribution in [-0.2, 0) is 21.8 Å². The Kier molecular flexibility index (Phi) is 6.75. The van der Waals surface area contributed by atoms with Crippen molar-refractivity contribution in [3.8, 4) is 11.4 Å². The van der Waals surface area contributed by atoms with Crippen molar-refractivity contribution in [2.45, 2.75) is 23.6 Å². The first kappa shape index (κ1) is 23.1. The Bertz CT molecular complexity index is 1250. The van der Waals surface area contributed by atoms with Crippen LogP contribution in [0.4, 0.5) is 0 Å². The molecule has 12 heteroatoms. The molecular formula is C22H20Cl2N6O3S. The molecule has 1 aliphatic rings. The summed E-state index contributed by atoms with van der Waals surface area (Å²) in [5.41, 5.74) is 1.62. The molecule has 1 aliphatic heterocycles. The van der Waals surface area contributed by atoms with Crippen molar-refractivity contribution >= 4 is 35.0 Å². The largest absolute Gasteiger partial charge is 0.491 e.